The molecule has 6 heteroatoms. The van der Waals surface area contributed by atoms with Crippen LogP contribution in [0.15, 0.2) is 0 Å². The smallest absolute Gasteiger partial charge is 0.243 e. The first-order valence-electron chi connectivity index (χ1n) is 7.68. The zero-order chi connectivity index (χ0) is 15.0. The third-order valence-corrected chi connectivity index (χ3v) is 5.09. The standard InChI is InChI=1S/C15H28N2O3.ClH/c1-5-11-10-17(7-8-20-11)13(18)15(16)9-12(19-6-2)14(15,3)4;/h11-12H,5-10,16H2,1-4H3;1H. The lowest BCUT2D eigenvalue weighted by atomic mass is 9.54. The molecule has 2 rings (SSSR count). The molecular weight excluding hydrogens is 292 g/mol. The van der Waals surface area contributed by atoms with Gasteiger partial charge in [0, 0.05) is 31.5 Å². The molecule has 1 aliphatic carbocycles. The van der Waals surface area contributed by atoms with Crippen LogP contribution in [0.4, 0.5) is 0 Å². The van der Waals surface area contributed by atoms with Gasteiger partial charge in [-0.05, 0) is 13.3 Å². The number of rotatable bonds is 4. The average Bonchev–Trinajstić information content (AvgIpc) is 2.46. The molecule has 1 aliphatic heterocycles. The molecule has 3 unspecified atom stereocenters. The van der Waals surface area contributed by atoms with Gasteiger partial charge in [0.1, 0.15) is 5.54 Å². The first-order chi connectivity index (χ1) is 9.36. The summed E-state index contributed by atoms with van der Waals surface area (Å²) < 4.78 is 11.3. The van der Waals surface area contributed by atoms with Crippen LogP contribution in [-0.4, -0.2) is 54.9 Å². The number of carbonyl (C=O) groups excluding carboxylic acids is 1. The van der Waals surface area contributed by atoms with Crippen molar-refractivity contribution in [2.24, 2.45) is 11.1 Å². The molecule has 0 spiro atoms. The third-order valence-electron chi connectivity index (χ3n) is 5.09. The van der Waals surface area contributed by atoms with E-state index in [1.54, 1.807) is 0 Å². The maximum absolute atomic E-state index is 12.8. The van der Waals surface area contributed by atoms with Crippen molar-refractivity contribution in [3.8, 4) is 0 Å². The second-order valence-electron chi connectivity index (χ2n) is 6.49. The number of morpholine rings is 1. The fraction of sp³-hybridized carbons (Fsp3) is 0.933. The van der Waals surface area contributed by atoms with Gasteiger partial charge >= 0.3 is 0 Å². The van der Waals surface area contributed by atoms with Crippen molar-refractivity contribution in [3.05, 3.63) is 0 Å². The molecule has 2 aliphatic rings. The van der Waals surface area contributed by atoms with Crippen molar-refractivity contribution < 1.29 is 14.3 Å². The van der Waals surface area contributed by atoms with Gasteiger partial charge in [-0.15, -0.1) is 12.4 Å². The minimum atomic E-state index is -0.803. The first-order valence-corrected chi connectivity index (χ1v) is 7.68. The van der Waals surface area contributed by atoms with E-state index >= 15 is 0 Å². The maximum Gasteiger partial charge on any atom is 0.243 e. The SMILES string of the molecule is CCOC1CC(N)(C(=O)N2CCOC(CC)C2)C1(C)C.Cl. The first kappa shape index (κ1) is 18.7. The molecule has 124 valence electrons. The molecule has 1 amide bonds. The zero-order valence-electron chi connectivity index (χ0n) is 13.6. The van der Waals surface area contributed by atoms with Crippen LogP contribution in [0.3, 0.4) is 0 Å². The van der Waals surface area contributed by atoms with Gasteiger partial charge in [-0.2, -0.15) is 0 Å². The Hall–Kier alpha value is -0.360. The second kappa shape index (κ2) is 6.82. The summed E-state index contributed by atoms with van der Waals surface area (Å²) in [6.45, 7) is 10.7. The maximum atomic E-state index is 12.8. The van der Waals surface area contributed by atoms with Crippen LogP contribution in [0.5, 0.6) is 0 Å². The van der Waals surface area contributed by atoms with Crippen LogP contribution in [0.1, 0.15) is 40.5 Å². The summed E-state index contributed by atoms with van der Waals surface area (Å²) in [5.74, 6) is 0.0557. The summed E-state index contributed by atoms with van der Waals surface area (Å²) >= 11 is 0. The number of nitrogens with zero attached hydrogens (tertiary/aromatic N) is 1. The molecule has 2 fully saturated rings. The Morgan fingerprint density at radius 1 is 1.43 bits per heavy atom. The van der Waals surface area contributed by atoms with E-state index in [9.17, 15) is 4.79 Å². The Labute approximate surface area is 133 Å². The van der Waals surface area contributed by atoms with Crippen LogP contribution in [-0.2, 0) is 14.3 Å². The number of ether oxygens (including phenoxy) is 2. The van der Waals surface area contributed by atoms with E-state index in [0.29, 0.717) is 32.7 Å². The molecule has 1 saturated heterocycles. The summed E-state index contributed by atoms with van der Waals surface area (Å²) in [7, 11) is 0. The van der Waals surface area contributed by atoms with Crippen LogP contribution >= 0.6 is 12.4 Å². The van der Waals surface area contributed by atoms with Crippen LogP contribution in [0.2, 0.25) is 0 Å². The lowest BCUT2D eigenvalue weighted by molar-refractivity contribution is -0.184. The number of halogens is 1. The van der Waals surface area contributed by atoms with Crippen molar-refractivity contribution in [1.82, 2.24) is 4.90 Å². The van der Waals surface area contributed by atoms with Crippen LogP contribution in [0, 0.1) is 5.41 Å². The minimum absolute atomic E-state index is 0. The fourth-order valence-electron chi connectivity index (χ4n) is 3.23. The highest BCUT2D eigenvalue weighted by Crippen LogP contribution is 2.50. The number of nitrogens with two attached hydrogens (primary N) is 1. The van der Waals surface area contributed by atoms with Crippen molar-refractivity contribution in [1.29, 1.82) is 0 Å². The van der Waals surface area contributed by atoms with Crippen molar-refractivity contribution in [3.63, 3.8) is 0 Å². The molecule has 2 N–H and O–H groups in total. The Kier molecular flexibility index (Phi) is 6.07. The topological polar surface area (TPSA) is 64.8 Å². The van der Waals surface area contributed by atoms with Gasteiger partial charge in [0.15, 0.2) is 0 Å². The highest BCUT2D eigenvalue weighted by molar-refractivity contribution is 5.89. The molecule has 0 aromatic heterocycles. The highest BCUT2D eigenvalue weighted by atomic mass is 35.5. The summed E-state index contributed by atoms with van der Waals surface area (Å²) in [4.78, 5) is 14.7. The highest BCUT2D eigenvalue weighted by Gasteiger charge is 2.63. The van der Waals surface area contributed by atoms with Gasteiger partial charge in [-0.1, -0.05) is 20.8 Å². The quantitative estimate of drug-likeness (QED) is 0.854. The zero-order valence-corrected chi connectivity index (χ0v) is 14.4. The Bertz CT molecular complexity index is 378. The Morgan fingerprint density at radius 2 is 2.10 bits per heavy atom. The monoisotopic (exact) mass is 320 g/mol. The predicted molar refractivity (Wildman–Crippen MR) is 84.6 cm³/mol. The van der Waals surface area contributed by atoms with E-state index in [1.165, 1.54) is 0 Å². The third kappa shape index (κ3) is 3.07. The summed E-state index contributed by atoms with van der Waals surface area (Å²) in [6.07, 6.45) is 1.75. The Morgan fingerprint density at radius 3 is 2.62 bits per heavy atom. The lowest BCUT2D eigenvalue weighted by Crippen LogP contribution is -2.76. The van der Waals surface area contributed by atoms with Gasteiger partial charge in [0.05, 0.1) is 18.8 Å². The number of amides is 1. The van der Waals surface area contributed by atoms with Gasteiger partial charge in [0.2, 0.25) is 5.91 Å². The summed E-state index contributed by atoms with van der Waals surface area (Å²) in [5.41, 5.74) is 5.33. The normalized spacial score (nSPS) is 34.8. The molecule has 3 atom stereocenters. The molecule has 0 radical (unpaired) electrons. The molecule has 5 nitrogen and oxygen atoms in total. The lowest BCUT2D eigenvalue weighted by Gasteiger charge is -2.59. The van der Waals surface area contributed by atoms with Gasteiger partial charge in [-0.3, -0.25) is 4.79 Å². The molecule has 1 saturated carbocycles. The largest absolute Gasteiger partial charge is 0.378 e. The van der Waals surface area contributed by atoms with E-state index in [4.69, 9.17) is 15.2 Å². The molecular formula is C15H29ClN2O3. The van der Waals surface area contributed by atoms with Crippen molar-refractivity contribution in [2.45, 2.75) is 58.3 Å². The van der Waals surface area contributed by atoms with Crippen LogP contribution < -0.4 is 5.73 Å². The molecule has 21 heavy (non-hydrogen) atoms. The number of hydrogen-bond donors (Lipinski definition) is 1. The van der Waals surface area contributed by atoms with E-state index in [-0.39, 0.29) is 35.9 Å². The number of carbonyl (C=O) groups is 1. The molecule has 0 bridgehead atoms. The van der Waals surface area contributed by atoms with E-state index in [0.717, 1.165) is 6.42 Å². The minimum Gasteiger partial charge on any atom is -0.378 e. The van der Waals surface area contributed by atoms with Crippen molar-refractivity contribution >= 4 is 18.3 Å². The molecule has 0 aromatic carbocycles. The van der Waals surface area contributed by atoms with Gasteiger partial charge in [-0.25, -0.2) is 0 Å². The van der Waals surface area contributed by atoms with Gasteiger partial charge < -0.3 is 20.1 Å². The predicted octanol–water partition coefficient (Wildman–Crippen LogP) is 1.58. The average molecular weight is 321 g/mol. The fourth-order valence-corrected chi connectivity index (χ4v) is 3.23. The summed E-state index contributed by atoms with van der Waals surface area (Å²) in [6, 6.07) is 0. The molecule has 0 aromatic rings. The second-order valence-corrected chi connectivity index (χ2v) is 6.49. The van der Waals surface area contributed by atoms with Crippen molar-refractivity contribution in [2.75, 3.05) is 26.3 Å². The van der Waals surface area contributed by atoms with E-state index in [2.05, 4.69) is 6.92 Å². The van der Waals surface area contributed by atoms with E-state index in [1.807, 2.05) is 25.7 Å². The number of hydrogen-bond acceptors (Lipinski definition) is 4. The summed E-state index contributed by atoms with van der Waals surface area (Å²) in [5, 5.41) is 0. The van der Waals surface area contributed by atoms with E-state index < -0.39 is 5.54 Å². The Balaban J connectivity index is 0.00000220. The molecule has 1 heterocycles. The van der Waals surface area contributed by atoms with Gasteiger partial charge in [0.25, 0.3) is 0 Å². The van der Waals surface area contributed by atoms with Crippen LogP contribution in [0.25, 0.3) is 0 Å².